The molecule has 0 saturated carbocycles. The maximum atomic E-state index is 11.8. The van der Waals surface area contributed by atoms with Gasteiger partial charge >= 0.3 is 6.01 Å². The number of ether oxygens (including phenoxy) is 2. The zero-order chi connectivity index (χ0) is 20.8. The van der Waals surface area contributed by atoms with Crippen LogP contribution in [0.5, 0.6) is 6.01 Å². The van der Waals surface area contributed by atoms with Crippen LogP contribution in [-0.2, 0) is 9.53 Å². The monoisotopic (exact) mass is 414 g/mol. The number of nitrogens with zero attached hydrogens (tertiary/aromatic N) is 3. The molecule has 0 aliphatic heterocycles. The van der Waals surface area contributed by atoms with Crippen molar-refractivity contribution in [2.45, 2.75) is 19.2 Å². The molecule has 1 unspecified atom stereocenters. The Morgan fingerprint density at radius 3 is 2.55 bits per heavy atom. The van der Waals surface area contributed by atoms with Crippen molar-refractivity contribution in [3.05, 3.63) is 54.1 Å². The molecule has 7 nitrogen and oxygen atoms in total. The Morgan fingerprint density at radius 1 is 1.17 bits per heavy atom. The molecule has 0 fully saturated rings. The van der Waals surface area contributed by atoms with E-state index in [0.29, 0.717) is 24.7 Å². The first kappa shape index (κ1) is 20.8. The quantitative estimate of drug-likeness (QED) is 0.447. The Morgan fingerprint density at radius 2 is 1.90 bits per heavy atom. The van der Waals surface area contributed by atoms with Crippen molar-refractivity contribution in [2.24, 2.45) is 0 Å². The van der Waals surface area contributed by atoms with E-state index in [-0.39, 0.29) is 11.9 Å². The molecule has 1 amide bonds. The molecule has 0 radical (unpaired) electrons. The van der Waals surface area contributed by atoms with Crippen LogP contribution >= 0.6 is 11.6 Å². The summed E-state index contributed by atoms with van der Waals surface area (Å²) in [6, 6.07) is 15.5. The van der Waals surface area contributed by atoms with Crippen LogP contribution < -0.4 is 10.1 Å². The van der Waals surface area contributed by atoms with Crippen LogP contribution in [0.2, 0.25) is 0 Å². The molecule has 8 heteroatoms. The molecule has 0 aliphatic carbocycles. The van der Waals surface area contributed by atoms with E-state index in [1.165, 1.54) is 0 Å². The zero-order valence-corrected chi connectivity index (χ0v) is 17.3. The minimum Gasteiger partial charge on any atom is -0.460 e. The van der Waals surface area contributed by atoms with Gasteiger partial charge in [0.1, 0.15) is 12.0 Å². The van der Waals surface area contributed by atoms with E-state index in [0.717, 1.165) is 16.8 Å². The lowest BCUT2D eigenvalue weighted by Crippen LogP contribution is -2.20. The number of carbonyl (C=O) groups is 1. The van der Waals surface area contributed by atoms with E-state index in [1.54, 1.807) is 30.8 Å². The lowest BCUT2D eigenvalue weighted by Gasteiger charge is -2.10. The molecule has 29 heavy (non-hydrogen) atoms. The molecule has 1 heterocycles. The Labute approximate surface area is 174 Å². The summed E-state index contributed by atoms with van der Waals surface area (Å²) in [5, 5.41) is 6.66. The Kier molecular flexibility index (Phi) is 6.85. The van der Waals surface area contributed by atoms with E-state index in [9.17, 15) is 4.79 Å². The fraction of sp³-hybridized carbons (Fsp3) is 0.286. The molecular weight excluding hydrogens is 392 g/mol. The average molecular weight is 415 g/mol. The third kappa shape index (κ3) is 5.13. The van der Waals surface area contributed by atoms with Gasteiger partial charge in [-0.15, -0.1) is 16.7 Å². The molecule has 0 spiro atoms. The number of carbonyl (C=O) groups excluding carboxylic acids is 1. The van der Waals surface area contributed by atoms with Crippen molar-refractivity contribution in [1.29, 1.82) is 0 Å². The second-order valence-corrected chi connectivity index (χ2v) is 7.09. The van der Waals surface area contributed by atoms with Crippen LogP contribution in [0.3, 0.4) is 0 Å². The highest BCUT2D eigenvalue weighted by Gasteiger charge is 2.16. The summed E-state index contributed by atoms with van der Waals surface area (Å²) in [6.45, 7) is 4.45. The molecule has 1 atom stereocenters. The summed E-state index contributed by atoms with van der Waals surface area (Å²) in [5.74, 6) is 0.413. The topological polar surface area (TPSA) is 78.3 Å². The van der Waals surface area contributed by atoms with Gasteiger partial charge in [0.2, 0.25) is 5.91 Å². The average Bonchev–Trinajstić information content (AvgIpc) is 3.13. The summed E-state index contributed by atoms with van der Waals surface area (Å²) >= 11 is 5.81. The van der Waals surface area contributed by atoms with Crippen LogP contribution in [0.4, 0.5) is 5.69 Å². The van der Waals surface area contributed by atoms with Gasteiger partial charge < -0.3 is 14.8 Å². The van der Waals surface area contributed by atoms with Gasteiger partial charge in [0.25, 0.3) is 0 Å². The van der Waals surface area contributed by atoms with Crippen molar-refractivity contribution in [3.8, 4) is 23.1 Å². The van der Waals surface area contributed by atoms with Gasteiger partial charge in [-0.05, 0) is 43.7 Å². The standard InChI is InChI=1S/C21H23ClN4O3/c1-14-6-4-5-7-18(14)19-24-21(29-13-12-28-3)25-26(19)17-10-8-16(9-11-17)23-20(27)15(2)22/h4-11,15H,12-13H2,1-3H3,(H,23,27). The van der Waals surface area contributed by atoms with Gasteiger partial charge in [-0.3, -0.25) is 4.79 Å². The Hall–Kier alpha value is -2.90. The number of benzene rings is 2. The van der Waals surface area contributed by atoms with E-state index in [1.807, 2.05) is 43.3 Å². The molecular formula is C21H23ClN4O3. The fourth-order valence-electron chi connectivity index (χ4n) is 2.68. The third-order valence-corrected chi connectivity index (χ3v) is 4.43. The Balaban J connectivity index is 1.94. The van der Waals surface area contributed by atoms with Crippen molar-refractivity contribution >= 4 is 23.2 Å². The summed E-state index contributed by atoms with van der Waals surface area (Å²) < 4.78 is 12.4. The number of halogens is 1. The number of hydrogen-bond donors (Lipinski definition) is 1. The van der Waals surface area contributed by atoms with Gasteiger partial charge in [-0.1, -0.05) is 24.3 Å². The summed E-state index contributed by atoms with van der Waals surface area (Å²) in [6.07, 6.45) is 0. The molecule has 152 valence electrons. The van der Waals surface area contributed by atoms with Crippen LogP contribution in [-0.4, -0.2) is 46.4 Å². The van der Waals surface area contributed by atoms with Gasteiger partial charge in [-0.25, -0.2) is 4.68 Å². The van der Waals surface area contributed by atoms with Gasteiger partial charge in [0.05, 0.1) is 12.3 Å². The lowest BCUT2D eigenvalue weighted by molar-refractivity contribution is -0.115. The largest absolute Gasteiger partial charge is 0.460 e. The van der Waals surface area contributed by atoms with Crippen molar-refractivity contribution in [2.75, 3.05) is 25.6 Å². The van der Waals surface area contributed by atoms with Crippen LogP contribution in [0.1, 0.15) is 12.5 Å². The van der Waals surface area contributed by atoms with Crippen LogP contribution in [0, 0.1) is 6.92 Å². The first-order valence-electron chi connectivity index (χ1n) is 9.19. The SMILES string of the molecule is COCCOc1nc(-c2ccccc2C)n(-c2ccc(NC(=O)C(C)Cl)cc2)n1. The molecule has 0 aliphatic rings. The molecule has 0 bridgehead atoms. The molecule has 1 aromatic heterocycles. The summed E-state index contributed by atoms with van der Waals surface area (Å²) in [4.78, 5) is 16.3. The molecule has 3 rings (SSSR count). The van der Waals surface area contributed by atoms with E-state index in [4.69, 9.17) is 21.1 Å². The minimum absolute atomic E-state index is 0.255. The van der Waals surface area contributed by atoms with E-state index in [2.05, 4.69) is 15.4 Å². The smallest absolute Gasteiger partial charge is 0.336 e. The number of methoxy groups -OCH3 is 1. The summed E-state index contributed by atoms with van der Waals surface area (Å²) in [5.41, 5.74) is 3.47. The van der Waals surface area contributed by atoms with E-state index < -0.39 is 5.38 Å². The first-order chi connectivity index (χ1) is 14.0. The van der Waals surface area contributed by atoms with Crippen molar-refractivity contribution < 1.29 is 14.3 Å². The number of anilines is 1. The summed E-state index contributed by atoms with van der Waals surface area (Å²) in [7, 11) is 1.61. The highest BCUT2D eigenvalue weighted by molar-refractivity contribution is 6.32. The fourth-order valence-corrected chi connectivity index (χ4v) is 2.73. The number of amides is 1. The predicted molar refractivity (Wildman–Crippen MR) is 113 cm³/mol. The maximum Gasteiger partial charge on any atom is 0.336 e. The van der Waals surface area contributed by atoms with Gasteiger partial charge in [0.15, 0.2) is 5.82 Å². The molecule has 0 saturated heterocycles. The number of rotatable bonds is 8. The molecule has 1 N–H and O–H groups in total. The highest BCUT2D eigenvalue weighted by Crippen LogP contribution is 2.26. The number of alkyl halides is 1. The number of aromatic nitrogens is 3. The number of aryl methyl sites for hydroxylation is 1. The third-order valence-electron chi connectivity index (χ3n) is 4.23. The van der Waals surface area contributed by atoms with Gasteiger partial charge in [-0.2, -0.15) is 4.98 Å². The highest BCUT2D eigenvalue weighted by atomic mass is 35.5. The van der Waals surface area contributed by atoms with Crippen LogP contribution in [0.25, 0.3) is 17.1 Å². The van der Waals surface area contributed by atoms with Crippen molar-refractivity contribution in [3.63, 3.8) is 0 Å². The van der Waals surface area contributed by atoms with Crippen LogP contribution in [0.15, 0.2) is 48.5 Å². The normalized spacial score (nSPS) is 11.9. The second kappa shape index (κ2) is 9.54. The first-order valence-corrected chi connectivity index (χ1v) is 9.63. The van der Waals surface area contributed by atoms with E-state index >= 15 is 0 Å². The number of hydrogen-bond acceptors (Lipinski definition) is 5. The predicted octanol–water partition coefficient (Wildman–Crippen LogP) is 3.83. The maximum absolute atomic E-state index is 11.8. The molecule has 3 aromatic rings. The lowest BCUT2D eigenvalue weighted by atomic mass is 10.1. The zero-order valence-electron chi connectivity index (χ0n) is 16.6. The minimum atomic E-state index is -0.607. The second-order valence-electron chi connectivity index (χ2n) is 6.44. The Bertz CT molecular complexity index is 970. The molecule has 2 aromatic carbocycles. The number of nitrogens with one attached hydrogen (secondary N) is 1. The van der Waals surface area contributed by atoms with Gasteiger partial charge in [0, 0.05) is 18.4 Å². The van der Waals surface area contributed by atoms with Crippen molar-refractivity contribution in [1.82, 2.24) is 14.8 Å².